The largest absolute Gasteiger partial charge is 0.481 e. The Morgan fingerprint density at radius 1 is 1.07 bits per heavy atom. The van der Waals surface area contributed by atoms with Crippen molar-refractivity contribution in [3.8, 4) is 0 Å². The third kappa shape index (κ3) is 5.94. The number of fused-ring (bicyclic) bond motifs is 3. The van der Waals surface area contributed by atoms with Gasteiger partial charge < -0.3 is 20.6 Å². The first-order valence-electron chi connectivity index (χ1n) is 14.5. The van der Waals surface area contributed by atoms with Crippen molar-refractivity contribution in [3.63, 3.8) is 0 Å². The number of carboxylic acid groups (broad SMARTS) is 1. The van der Waals surface area contributed by atoms with Crippen molar-refractivity contribution in [2.45, 2.75) is 44.7 Å². The summed E-state index contributed by atoms with van der Waals surface area (Å²) in [5, 5.41) is 15.4. The van der Waals surface area contributed by atoms with Gasteiger partial charge in [-0.15, -0.1) is 0 Å². The lowest BCUT2D eigenvalue weighted by Gasteiger charge is -2.30. The molecule has 0 bridgehead atoms. The molecule has 226 valence electrons. The van der Waals surface area contributed by atoms with Crippen LogP contribution >= 0.6 is 23.2 Å². The van der Waals surface area contributed by atoms with Gasteiger partial charge >= 0.3 is 12.0 Å². The molecule has 3 aliphatic rings. The Morgan fingerprint density at radius 3 is 2.70 bits per heavy atom. The number of benzene rings is 3. The maximum Gasteiger partial charge on any atom is 0.315 e. The molecule has 0 fully saturated rings. The van der Waals surface area contributed by atoms with Crippen molar-refractivity contribution in [2.75, 3.05) is 13.1 Å². The van der Waals surface area contributed by atoms with Crippen molar-refractivity contribution in [1.29, 1.82) is 0 Å². The lowest BCUT2D eigenvalue weighted by molar-refractivity contribution is -0.141. The monoisotopic (exact) mass is 632 g/mol. The zero-order valence-corrected chi connectivity index (χ0v) is 25.3. The topological polar surface area (TPSA) is 128 Å². The molecule has 0 saturated heterocycles. The van der Waals surface area contributed by atoms with Crippen LogP contribution in [0, 0.1) is 5.92 Å². The zero-order chi connectivity index (χ0) is 31.0. The number of carbonyl (C=O) groups excluding carboxylic acids is 3. The Labute approximate surface area is 264 Å². The fraction of sp³-hybridized carbons (Fsp3) is 0.303. The van der Waals surface area contributed by atoms with E-state index < -0.39 is 30.1 Å². The highest BCUT2D eigenvalue weighted by atomic mass is 35.5. The fourth-order valence-corrected chi connectivity index (χ4v) is 6.98. The summed E-state index contributed by atoms with van der Waals surface area (Å²) in [5.74, 6) is -3.26. The molecule has 0 aromatic heterocycles. The first-order valence-corrected chi connectivity index (χ1v) is 15.3. The van der Waals surface area contributed by atoms with Crippen LogP contribution in [-0.2, 0) is 30.6 Å². The smallest absolute Gasteiger partial charge is 0.315 e. The van der Waals surface area contributed by atoms with Gasteiger partial charge in [0.1, 0.15) is 0 Å². The second-order valence-corrected chi connectivity index (χ2v) is 12.1. The lowest BCUT2D eigenvalue weighted by atomic mass is 9.91. The van der Waals surface area contributed by atoms with Gasteiger partial charge in [0.2, 0.25) is 0 Å². The van der Waals surface area contributed by atoms with E-state index in [1.165, 1.54) is 11.6 Å². The van der Waals surface area contributed by atoms with Crippen LogP contribution in [0.15, 0.2) is 53.5 Å². The Hall–Kier alpha value is -4.21. The van der Waals surface area contributed by atoms with Crippen LogP contribution in [0.1, 0.15) is 67.4 Å². The summed E-state index contributed by atoms with van der Waals surface area (Å²) < 4.78 is 0. The quantitative estimate of drug-likeness (QED) is 0.260. The summed E-state index contributed by atoms with van der Waals surface area (Å²) in [6, 6.07) is 14.6. The molecule has 3 aromatic carbocycles. The van der Waals surface area contributed by atoms with E-state index >= 15 is 0 Å². The van der Waals surface area contributed by atoms with Crippen LogP contribution in [0.25, 0.3) is 0 Å². The summed E-state index contributed by atoms with van der Waals surface area (Å²) in [6.07, 6.45) is 4.23. The Bertz CT molecular complexity index is 1720. The van der Waals surface area contributed by atoms with Gasteiger partial charge in [-0.05, 0) is 59.2 Å². The molecule has 0 spiro atoms. The molecule has 2 atom stereocenters. The first kappa shape index (κ1) is 29.8. The molecular formula is C33H30Cl2N4O5. The summed E-state index contributed by atoms with van der Waals surface area (Å²) in [4.78, 5) is 57.5. The van der Waals surface area contributed by atoms with Gasteiger partial charge in [0, 0.05) is 44.3 Å². The van der Waals surface area contributed by atoms with Crippen LogP contribution in [-0.4, -0.2) is 53.0 Å². The van der Waals surface area contributed by atoms with E-state index in [0.717, 1.165) is 41.6 Å². The lowest BCUT2D eigenvalue weighted by Crippen LogP contribution is -2.41. The zero-order valence-electron chi connectivity index (χ0n) is 23.7. The molecule has 9 nitrogen and oxygen atoms in total. The highest BCUT2D eigenvalue weighted by molar-refractivity contribution is 6.41. The normalized spacial score (nSPS) is 17.1. The minimum absolute atomic E-state index is 0.00906. The number of carbonyl (C=O) groups is 4. The molecule has 0 radical (unpaired) electrons. The maximum atomic E-state index is 13.4. The number of aliphatic imine (C=N–C) groups is 1. The number of Topliss-reactive ketones (excluding diaryl/α,β-unsaturated/α-hetero) is 1. The summed E-state index contributed by atoms with van der Waals surface area (Å²) in [6.45, 7) is 0.552. The van der Waals surface area contributed by atoms with Gasteiger partial charge in [-0.2, -0.15) is 0 Å². The predicted octanol–water partition coefficient (Wildman–Crippen LogP) is 5.71. The van der Waals surface area contributed by atoms with Crippen molar-refractivity contribution >= 4 is 58.8 Å². The number of amides is 3. The van der Waals surface area contributed by atoms with Gasteiger partial charge in [-0.3, -0.25) is 19.4 Å². The highest BCUT2D eigenvalue weighted by Crippen LogP contribution is 2.36. The van der Waals surface area contributed by atoms with Crippen LogP contribution in [0.3, 0.4) is 0 Å². The highest BCUT2D eigenvalue weighted by Gasteiger charge is 2.32. The summed E-state index contributed by atoms with van der Waals surface area (Å²) in [5.41, 5.74) is 6.11. The number of hydrogen-bond acceptors (Lipinski definition) is 5. The van der Waals surface area contributed by atoms with Crippen molar-refractivity contribution in [1.82, 2.24) is 15.5 Å². The average Bonchev–Trinajstić information content (AvgIpc) is 3.63. The molecule has 2 heterocycles. The number of hydrogen-bond donors (Lipinski definition) is 3. The standard InChI is InChI=1S/C33H30Cl2N4O5/c34-25-15-24-23(10-12-39(31(24)41)17-18-5-7-26-20(13-18)9-11-36-26)30(35)29(25)28(40)14-21(32(42)43)16-37-33(44)38-27-8-6-19-3-1-2-4-22(19)27/h1-5,7,11,13,15,21,27H,6,8-10,12,14,16-17H2,(H,42,43)(H2,37,38,44). The molecule has 3 amide bonds. The molecule has 6 rings (SSSR count). The number of halogens is 2. The number of aryl methyl sites for hydroxylation is 1. The Balaban J connectivity index is 1.10. The van der Waals surface area contributed by atoms with Gasteiger partial charge in [0.25, 0.3) is 5.91 Å². The molecule has 1 aliphatic carbocycles. The molecule has 2 aliphatic heterocycles. The van der Waals surface area contributed by atoms with Crippen LogP contribution in [0.5, 0.6) is 0 Å². The van der Waals surface area contributed by atoms with Crippen LogP contribution in [0.4, 0.5) is 10.5 Å². The maximum absolute atomic E-state index is 13.4. The molecule has 44 heavy (non-hydrogen) atoms. The number of rotatable bonds is 9. The van der Waals surface area contributed by atoms with E-state index in [-0.39, 0.29) is 34.1 Å². The number of urea groups is 1. The number of carboxylic acids is 1. The van der Waals surface area contributed by atoms with Crippen molar-refractivity contribution in [2.24, 2.45) is 10.9 Å². The van der Waals surface area contributed by atoms with Gasteiger partial charge in [-0.1, -0.05) is 59.6 Å². The Kier molecular flexibility index (Phi) is 8.42. The number of aliphatic carboxylic acids is 1. The second kappa shape index (κ2) is 12.4. The fourth-order valence-electron chi connectivity index (χ4n) is 6.21. The van der Waals surface area contributed by atoms with Crippen molar-refractivity contribution in [3.05, 3.63) is 97.5 Å². The van der Waals surface area contributed by atoms with E-state index in [9.17, 15) is 24.3 Å². The van der Waals surface area contributed by atoms with Crippen molar-refractivity contribution < 1.29 is 24.3 Å². The van der Waals surface area contributed by atoms with Gasteiger partial charge in [-0.25, -0.2) is 4.79 Å². The van der Waals surface area contributed by atoms with Gasteiger partial charge in [0.15, 0.2) is 5.78 Å². The van der Waals surface area contributed by atoms with E-state index in [0.29, 0.717) is 30.6 Å². The van der Waals surface area contributed by atoms with E-state index in [1.807, 2.05) is 42.6 Å². The molecule has 3 N–H and O–H groups in total. The molecule has 3 aromatic rings. The van der Waals surface area contributed by atoms with Crippen LogP contribution in [0.2, 0.25) is 10.0 Å². The molecule has 0 saturated carbocycles. The molecule has 2 unspecified atom stereocenters. The minimum atomic E-state index is -1.24. The molecular weight excluding hydrogens is 603 g/mol. The first-order chi connectivity index (χ1) is 21.2. The minimum Gasteiger partial charge on any atom is -0.481 e. The second-order valence-electron chi connectivity index (χ2n) is 11.3. The number of nitrogens with one attached hydrogen (secondary N) is 2. The van der Waals surface area contributed by atoms with E-state index in [1.54, 1.807) is 4.90 Å². The third-order valence-corrected chi connectivity index (χ3v) is 9.25. The van der Waals surface area contributed by atoms with E-state index in [2.05, 4.69) is 21.7 Å². The Morgan fingerprint density at radius 2 is 1.89 bits per heavy atom. The SMILES string of the molecule is O=C(NCC(CC(=O)c1c(Cl)cc2c(c1Cl)CCN(Cc1ccc3c(c1)CC=N3)C2=O)C(=O)O)NC1CCc2ccccc21. The number of nitrogens with zero attached hydrogens (tertiary/aromatic N) is 2. The molecule has 11 heteroatoms. The van der Waals surface area contributed by atoms with Crippen LogP contribution < -0.4 is 10.6 Å². The summed E-state index contributed by atoms with van der Waals surface area (Å²) in [7, 11) is 0. The van der Waals surface area contributed by atoms with Gasteiger partial charge in [0.05, 0.1) is 33.3 Å². The predicted molar refractivity (Wildman–Crippen MR) is 167 cm³/mol. The third-order valence-electron chi connectivity index (χ3n) is 8.53. The summed E-state index contributed by atoms with van der Waals surface area (Å²) >= 11 is 13.2. The van der Waals surface area contributed by atoms with E-state index in [4.69, 9.17) is 23.2 Å². The average molecular weight is 634 g/mol. The number of ketones is 1.